The number of carbonyl (C=O) groups excluding carboxylic acids is 3. The van der Waals surface area contributed by atoms with Crippen LogP contribution in [0.4, 0.5) is 0 Å². The number of para-hydroxylation sites is 1. The highest BCUT2D eigenvalue weighted by atomic mass is 35.5. The number of thiophene rings is 1. The average molecular weight is 494 g/mol. The third kappa shape index (κ3) is 4.62. The van der Waals surface area contributed by atoms with E-state index in [1.807, 2.05) is 53.9 Å². The molecule has 0 saturated carbocycles. The van der Waals surface area contributed by atoms with E-state index in [9.17, 15) is 14.4 Å². The van der Waals surface area contributed by atoms with Crippen LogP contribution >= 0.6 is 22.9 Å². The van der Waals surface area contributed by atoms with Gasteiger partial charge in [-0.1, -0.05) is 42.5 Å². The first-order chi connectivity index (χ1) is 16.6. The summed E-state index contributed by atoms with van der Waals surface area (Å²) in [5, 5.41) is 2.75. The first-order valence-corrected chi connectivity index (χ1v) is 12.5. The van der Waals surface area contributed by atoms with E-state index in [2.05, 4.69) is 16.6 Å². The third-order valence-electron chi connectivity index (χ3n) is 5.82. The van der Waals surface area contributed by atoms with Gasteiger partial charge in [-0.05, 0) is 23.6 Å². The predicted octanol–water partition coefficient (Wildman–Crippen LogP) is 4.92. The highest BCUT2D eigenvalue weighted by Gasteiger charge is 2.30. The van der Waals surface area contributed by atoms with Crippen LogP contribution in [0.15, 0.2) is 72.2 Å². The largest absolute Gasteiger partial charge is 0.360 e. The topological polar surface area (TPSA) is 73.5 Å². The molecule has 1 aliphatic rings. The maximum Gasteiger partial charge on any atom is 0.295 e. The second-order valence-corrected chi connectivity index (χ2v) is 8.64. The molecule has 1 aliphatic heterocycles. The number of aromatic nitrogens is 1. The second-order valence-electron chi connectivity index (χ2n) is 7.69. The number of benzene rings is 2. The van der Waals surface area contributed by atoms with Gasteiger partial charge in [-0.2, -0.15) is 0 Å². The van der Waals surface area contributed by atoms with E-state index in [0.29, 0.717) is 37.3 Å². The molecule has 174 valence electrons. The van der Waals surface area contributed by atoms with Crippen LogP contribution in [-0.2, 0) is 4.79 Å². The molecule has 0 atom stereocenters. The molecule has 1 N–H and O–H groups in total. The Labute approximate surface area is 206 Å². The van der Waals surface area contributed by atoms with Crippen LogP contribution in [0.2, 0.25) is 0 Å². The lowest BCUT2D eigenvalue weighted by molar-refractivity contribution is -0.127. The SMILES string of the molecule is CCl.O=C(C(=O)N1CCN(C(=O)c2ccccc2)CC1)c1c[nH]c2c(-c3cccs3)cccc12. The zero-order valence-electron chi connectivity index (χ0n) is 18.7. The molecule has 34 heavy (non-hydrogen) atoms. The van der Waals surface area contributed by atoms with E-state index in [1.54, 1.807) is 39.5 Å². The lowest BCUT2D eigenvalue weighted by atomic mass is 10.0. The van der Waals surface area contributed by atoms with Crippen molar-refractivity contribution in [3.05, 3.63) is 83.4 Å². The predicted molar refractivity (Wildman–Crippen MR) is 137 cm³/mol. The quantitative estimate of drug-likeness (QED) is 0.249. The maximum absolute atomic E-state index is 13.1. The van der Waals surface area contributed by atoms with Gasteiger partial charge in [0.2, 0.25) is 0 Å². The lowest BCUT2D eigenvalue weighted by Crippen LogP contribution is -2.52. The highest BCUT2D eigenvalue weighted by molar-refractivity contribution is 7.13. The molecule has 3 heterocycles. The summed E-state index contributed by atoms with van der Waals surface area (Å²) < 4.78 is 0. The van der Waals surface area contributed by atoms with Crippen molar-refractivity contribution in [2.24, 2.45) is 0 Å². The van der Waals surface area contributed by atoms with Crippen molar-refractivity contribution in [3.63, 3.8) is 0 Å². The van der Waals surface area contributed by atoms with Crippen LogP contribution < -0.4 is 0 Å². The average Bonchev–Trinajstić information content (AvgIpc) is 3.60. The van der Waals surface area contributed by atoms with E-state index in [4.69, 9.17) is 0 Å². The summed E-state index contributed by atoms with van der Waals surface area (Å²) in [6.45, 7) is 1.49. The van der Waals surface area contributed by atoms with Crippen LogP contribution in [0.3, 0.4) is 0 Å². The number of ketones is 1. The zero-order valence-corrected chi connectivity index (χ0v) is 20.2. The summed E-state index contributed by atoms with van der Waals surface area (Å²) >= 11 is 6.26. The first kappa shape index (κ1) is 23.7. The molecule has 1 fully saturated rings. The molecule has 0 aliphatic carbocycles. The normalized spacial score (nSPS) is 13.4. The fraction of sp³-hybridized carbons (Fsp3) is 0.192. The first-order valence-electron chi connectivity index (χ1n) is 10.8. The number of H-pyrrole nitrogens is 1. The molecule has 8 heteroatoms. The third-order valence-corrected chi connectivity index (χ3v) is 6.72. The number of rotatable bonds is 4. The number of carbonyl (C=O) groups is 3. The van der Waals surface area contributed by atoms with Crippen molar-refractivity contribution in [3.8, 4) is 10.4 Å². The van der Waals surface area contributed by atoms with Crippen molar-refractivity contribution < 1.29 is 14.4 Å². The molecule has 4 aromatic rings. The van der Waals surface area contributed by atoms with Crippen LogP contribution in [0, 0.1) is 0 Å². The molecule has 0 spiro atoms. The van der Waals surface area contributed by atoms with Crippen molar-refractivity contribution in [2.75, 3.05) is 32.6 Å². The van der Waals surface area contributed by atoms with E-state index in [-0.39, 0.29) is 5.91 Å². The van der Waals surface area contributed by atoms with E-state index in [1.165, 1.54) is 6.38 Å². The van der Waals surface area contributed by atoms with Crippen LogP contribution in [0.25, 0.3) is 21.3 Å². The summed E-state index contributed by atoms with van der Waals surface area (Å²) in [7, 11) is 0. The summed E-state index contributed by atoms with van der Waals surface area (Å²) in [6.07, 6.45) is 3.09. The van der Waals surface area contributed by atoms with E-state index >= 15 is 0 Å². The Bertz CT molecular complexity index is 1290. The van der Waals surface area contributed by atoms with Crippen molar-refractivity contribution in [1.82, 2.24) is 14.8 Å². The number of alkyl halides is 1. The van der Waals surface area contributed by atoms with Crippen LogP contribution in [0.1, 0.15) is 20.7 Å². The molecular weight excluding hydrogens is 470 g/mol. The number of nitrogens with zero attached hydrogens (tertiary/aromatic N) is 2. The minimum atomic E-state index is -0.528. The Morgan fingerprint density at radius 3 is 2.24 bits per heavy atom. The smallest absolute Gasteiger partial charge is 0.295 e. The number of fused-ring (bicyclic) bond motifs is 1. The van der Waals surface area contributed by atoms with Crippen molar-refractivity contribution in [2.45, 2.75) is 0 Å². The van der Waals surface area contributed by atoms with Gasteiger partial charge in [0.1, 0.15) is 0 Å². The minimum absolute atomic E-state index is 0.0539. The Hall–Kier alpha value is -3.42. The van der Waals surface area contributed by atoms with E-state index < -0.39 is 11.7 Å². The summed E-state index contributed by atoms with van der Waals surface area (Å²) in [5.74, 6) is -1.11. The van der Waals surface area contributed by atoms with Crippen molar-refractivity contribution in [1.29, 1.82) is 0 Å². The number of Topliss-reactive ketones (excluding diaryl/α,β-unsaturated/α-hetero) is 1. The van der Waals surface area contributed by atoms with Crippen LogP contribution in [-0.4, -0.2) is 64.9 Å². The second kappa shape index (κ2) is 10.7. The van der Waals surface area contributed by atoms with Gasteiger partial charge in [0.15, 0.2) is 0 Å². The Morgan fingerprint density at radius 1 is 0.853 bits per heavy atom. The van der Waals surface area contributed by atoms with Gasteiger partial charge < -0.3 is 14.8 Å². The van der Waals surface area contributed by atoms with Crippen LogP contribution in [0.5, 0.6) is 0 Å². The van der Waals surface area contributed by atoms with Gasteiger partial charge in [0.05, 0.1) is 11.1 Å². The molecule has 0 unspecified atom stereocenters. The van der Waals surface area contributed by atoms with Gasteiger partial charge in [0, 0.05) is 60.1 Å². The van der Waals surface area contributed by atoms with E-state index in [0.717, 1.165) is 21.3 Å². The Kier molecular flexibility index (Phi) is 7.45. The number of halogens is 1. The molecule has 1 saturated heterocycles. The number of nitrogens with one attached hydrogen (secondary N) is 1. The maximum atomic E-state index is 13.1. The van der Waals surface area contributed by atoms with Gasteiger partial charge >= 0.3 is 0 Å². The standard InChI is InChI=1S/C25H21N3O3S.CH3Cl/c29-23(20-16-26-22-18(20)8-4-9-19(22)21-10-5-15-32-21)25(31)28-13-11-27(12-14-28)24(30)17-6-2-1-3-7-17;1-2/h1-10,15-16,26H,11-14H2;1H3. The number of amides is 2. The highest BCUT2D eigenvalue weighted by Crippen LogP contribution is 2.32. The Balaban J connectivity index is 0.00000133. The van der Waals surface area contributed by atoms with Crippen molar-refractivity contribution >= 4 is 51.4 Å². The molecule has 2 amide bonds. The number of hydrogen-bond acceptors (Lipinski definition) is 4. The molecule has 0 bridgehead atoms. The molecule has 6 nitrogen and oxygen atoms in total. The van der Waals surface area contributed by atoms with Gasteiger partial charge in [-0.15, -0.1) is 22.9 Å². The lowest BCUT2D eigenvalue weighted by Gasteiger charge is -2.34. The molecule has 5 rings (SSSR count). The molecule has 2 aromatic carbocycles. The summed E-state index contributed by atoms with van der Waals surface area (Å²) in [6, 6.07) is 18.9. The molecular formula is C26H24ClN3O3S. The number of hydrogen-bond donors (Lipinski definition) is 1. The minimum Gasteiger partial charge on any atom is -0.360 e. The molecule has 0 radical (unpaired) electrons. The fourth-order valence-corrected chi connectivity index (χ4v) is 4.87. The molecule has 2 aromatic heterocycles. The Morgan fingerprint density at radius 2 is 1.56 bits per heavy atom. The number of aromatic amines is 1. The number of piperazine rings is 1. The zero-order chi connectivity index (χ0) is 24.1. The summed E-state index contributed by atoms with van der Waals surface area (Å²) in [4.78, 5) is 46.2. The fourth-order valence-electron chi connectivity index (χ4n) is 4.11. The monoisotopic (exact) mass is 493 g/mol. The van der Waals surface area contributed by atoms with Gasteiger partial charge in [-0.3, -0.25) is 14.4 Å². The van der Waals surface area contributed by atoms with Gasteiger partial charge in [-0.25, -0.2) is 0 Å². The summed E-state index contributed by atoms with van der Waals surface area (Å²) in [5.41, 5.74) is 2.87. The van der Waals surface area contributed by atoms with Gasteiger partial charge in [0.25, 0.3) is 17.6 Å².